The van der Waals surface area contributed by atoms with E-state index in [0.717, 1.165) is 11.5 Å². The number of aromatic amines is 1. The molecule has 0 saturated heterocycles. The van der Waals surface area contributed by atoms with Gasteiger partial charge in [0.05, 0.1) is 0 Å². The predicted molar refractivity (Wildman–Crippen MR) is 48.0 cm³/mol. The first kappa shape index (κ1) is 7.97. The number of nitrogens with zero attached hydrogens (tertiary/aromatic N) is 4. The summed E-state index contributed by atoms with van der Waals surface area (Å²) in [4.78, 5) is 0. The van der Waals surface area contributed by atoms with Gasteiger partial charge in [0.25, 0.3) is 0 Å². The average molecular weight is 177 g/mol. The summed E-state index contributed by atoms with van der Waals surface area (Å²) in [5.41, 5.74) is 0.895. The molecule has 5 nitrogen and oxygen atoms in total. The Morgan fingerprint density at radius 2 is 2.31 bits per heavy atom. The molecule has 68 valence electrons. The first-order valence-electron chi connectivity index (χ1n) is 4.18. The molecule has 0 aromatic carbocycles. The Bertz CT molecular complexity index is 373. The van der Waals surface area contributed by atoms with Gasteiger partial charge in [-0.15, -0.1) is 10.2 Å². The second kappa shape index (κ2) is 3.01. The molecule has 0 atom stereocenters. The summed E-state index contributed by atoms with van der Waals surface area (Å²) < 4.78 is 1.99. The van der Waals surface area contributed by atoms with E-state index in [1.807, 2.05) is 10.6 Å². The van der Waals surface area contributed by atoms with Crippen molar-refractivity contribution >= 4 is 0 Å². The standard InChI is InChI=1S/C8H11N5/c1-6(2)13-5-10-12-8(13)7-3-4-9-11-7/h3-6H,1-2H3,(H,9,11). The summed E-state index contributed by atoms with van der Waals surface area (Å²) in [6.45, 7) is 4.17. The molecule has 2 aromatic rings. The molecule has 2 heterocycles. The number of rotatable bonds is 2. The summed E-state index contributed by atoms with van der Waals surface area (Å²) in [7, 11) is 0. The third kappa shape index (κ3) is 1.32. The molecule has 0 bridgehead atoms. The zero-order valence-electron chi connectivity index (χ0n) is 7.60. The molecule has 2 rings (SSSR count). The van der Waals surface area contributed by atoms with Crippen LogP contribution >= 0.6 is 0 Å². The third-order valence-electron chi connectivity index (χ3n) is 1.87. The van der Waals surface area contributed by atoms with E-state index in [4.69, 9.17) is 0 Å². The van der Waals surface area contributed by atoms with Crippen molar-refractivity contribution in [3.63, 3.8) is 0 Å². The van der Waals surface area contributed by atoms with Crippen molar-refractivity contribution in [1.82, 2.24) is 25.0 Å². The van der Waals surface area contributed by atoms with Gasteiger partial charge in [-0.1, -0.05) is 0 Å². The fourth-order valence-electron chi connectivity index (χ4n) is 1.19. The molecule has 1 N–H and O–H groups in total. The van der Waals surface area contributed by atoms with Crippen molar-refractivity contribution in [2.75, 3.05) is 0 Å². The van der Waals surface area contributed by atoms with Gasteiger partial charge >= 0.3 is 0 Å². The Morgan fingerprint density at radius 1 is 1.46 bits per heavy atom. The lowest BCUT2D eigenvalue weighted by Gasteiger charge is -2.07. The van der Waals surface area contributed by atoms with Gasteiger partial charge < -0.3 is 4.57 Å². The van der Waals surface area contributed by atoms with Crippen molar-refractivity contribution in [3.05, 3.63) is 18.6 Å². The number of H-pyrrole nitrogens is 1. The lowest BCUT2D eigenvalue weighted by Crippen LogP contribution is -2.01. The molecular formula is C8H11N5. The van der Waals surface area contributed by atoms with Gasteiger partial charge in [-0.05, 0) is 19.9 Å². The molecule has 0 aliphatic carbocycles. The van der Waals surface area contributed by atoms with Gasteiger partial charge in [-0.25, -0.2) is 0 Å². The van der Waals surface area contributed by atoms with Crippen molar-refractivity contribution in [2.24, 2.45) is 0 Å². The second-order valence-electron chi connectivity index (χ2n) is 3.13. The Balaban J connectivity index is 2.46. The van der Waals surface area contributed by atoms with E-state index in [1.54, 1.807) is 12.5 Å². The van der Waals surface area contributed by atoms with E-state index in [1.165, 1.54) is 0 Å². The van der Waals surface area contributed by atoms with Gasteiger partial charge in [0.2, 0.25) is 0 Å². The quantitative estimate of drug-likeness (QED) is 0.751. The van der Waals surface area contributed by atoms with Crippen molar-refractivity contribution < 1.29 is 0 Å². The fourth-order valence-corrected chi connectivity index (χ4v) is 1.19. The summed E-state index contributed by atoms with van der Waals surface area (Å²) >= 11 is 0. The minimum atomic E-state index is 0.355. The van der Waals surface area contributed by atoms with Crippen LogP contribution < -0.4 is 0 Å². The zero-order chi connectivity index (χ0) is 9.26. The van der Waals surface area contributed by atoms with Crippen molar-refractivity contribution in [1.29, 1.82) is 0 Å². The maximum absolute atomic E-state index is 4.02. The van der Waals surface area contributed by atoms with Crippen LogP contribution in [0.15, 0.2) is 18.6 Å². The van der Waals surface area contributed by atoms with Crippen LogP contribution in [-0.4, -0.2) is 25.0 Å². The van der Waals surface area contributed by atoms with E-state index in [0.29, 0.717) is 6.04 Å². The van der Waals surface area contributed by atoms with Crippen molar-refractivity contribution in [3.8, 4) is 11.5 Å². The molecule has 0 amide bonds. The lowest BCUT2D eigenvalue weighted by molar-refractivity contribution is 0.603. The molecule has 0 aliphatic rings. The third-order valence-corrected chi connectivity index (χ3v) is 1.87. The van der Waals surface area contributed by atoms with Gasteiger partial charge in [-0.2, -0.15) is 5.10 Å². The monoisotopic (exact) mass is 177 g/mol. The SMILES string of the molecule is CC(C)n1cnnc1-c1ccn[nH]1. The van der Waals surface area contributed by atoms with Gasteiger partial charge in [0.15, 0.2) is 5.82 Å². The second-order valence-corrected chi connectivity index (χ2v) is 3.13. The number of hydrogen-bond acceptors (Lipinski definition) is 3. The summed E-state index contributed by atoms with van der Waals surface area (Å²) in [6.07, 6.45) is 3.43. The topological polar surface area (TPSA) is 59.4 Å². The molecule has 0 aliphatic heterocycles. The first-order valence-corrected chi connectivity index (χ1v) is 4.18. The van der Waals surface area contributed by atoms with Crippen LogP contribution in [0.4, 0.5) is 0 Å². The smallest absolute Gasteiger partial charge is 0.182 e. The van der Waals surface area contributed by atoms with E-state index < -0.39 is 0 Å². The molecule has 5 heteroatoms. The highest BCUT2D eigenvalue weighted by Gasteiger charge is 2.09. The van der Waals surface area contributed by atoms with Crippen LogP contribution in [0.25, 0.3) is 11.5 Å². The van der Waals surface area contributed by atoms with E-state index in [-0.39, 0.29) is 0 Å². The predicted octanol–water partition coefficient (Wildman–Crippen LogP) is 1.25. The minimum Gasteiger partial charge on any atom is -0.310 e. The van der Waals surface area contributed by atoms with Crippen LogP contribution in [0.5, 0.6) is 0 Å². The normalized spacial score (nSPS) is 11.0. The minimum absolute atomic E-state index is 0.355. The Morgan fingerprint density at radius 3 is 2.92 bits per heavy atom. The van der Waals surface area contributed by atoms with Crippen LogP contribution in [0.2, 0.25) is 0 Å². The first-order chi connectivity index (χ1) is 6.29. The maximum atomic E-state index is 4.02. The van der Waals surface area contributed by atoms with Crippen LogP contribution in [0.3, 0.4) is 0 Å². The van der Waals surface area contributed by atoms with Gasteiger partial charge in [0.1, 0.15) is 12.0 Å². The molecule has 0 unspecified atom stereocenters. The number of nitrogens with one attached hydrogen (secondary N) is 1. The maximum Gasteiger partial charge on any atom is 0.182 e. The average Bonchev–Trinajstić information content (AvgIpc) is 2.74. The molecular weight excluding hydrogens is 166 g/mol. The van der Waals surface area contributed by atoms with Gasteiger partial charge in [-0.3, -0.25) is 5.10 Å². The lowest BCUT2D eigenvalue weighted by atomic mass is 10.3. The number of hydrogen-bond donors (Lipinski definition) is 1. The van der Waals surface area contributed by atoms with Crippen LogP contribution in [0.1, 0.15) is 19.9 Å². The zero-order valence-corrected chi connectivity index (χ0v) is 7.60. The van der Waals surface area contributed by atoms with Crippen LogP contribution in [-0.2, 0) is 0 Å². The van der Waals surface area contributed by atoms with Crippen molar-refractivity contribution in [2.45, 2.75) is 19.9 Å². The van der Waals surface area contributed by atoms with Crippen LogP contribution in [0, 0.1) is 0 Å². The molecule has 0 fully saturated rings. The highest BCUT2D eigenvalue weighted by atomic mass is 15.3. The molecule has 0 spiro atoms. The highest BCUT2D eigenvalue weighted by molar-refractivity contribution is 5.47. The Kier molecular flexibility index (Phi) is 1.84. The molecule has 2 aromatic heterocycles. The Labute approximate surface area is 75.8 Å². The van der Waals surface area contributed by atoms with E-state index in [9.17, 15) is 0 Å². The summed E-state index contributed by atoms with van der Waals surface area (Å²) in [5, 5.41) is 14.6. The Hall–Kier alpha value is -1.65. The summed E-state index contributed by atoms with van der Waals surface area (Å²) in [6, 6.07) is 2.23. The largest absolute Gasteiger partial charge is 0.310 e. The highest BCUT2D eigenvalue weighted by Crippen LogP contribution is 2.16. The summed E-state index contributed by atoms with van der Waals surface area (Å²) in [5.74, 6) is 0.826. The van der Waals surface area contributed by atoms with Gasteiger partial charge in [0, 0.05) is 12.2 Å². The molecule has 0 saturated carbocycles. The number of aromatic nitrogens is 5. The molecule has 13 heavy (non-hydrogen) atoms. The van der Waals surface area contributed by atoms with E-state index >= 15 is 0 Å². The molecule has 0 radical (unpaired) electrons. The van der Waals surface area contributed by atoms with E-state index in [2.05, 4.69) is 34.2 Å². The fraction of sp³-hybridized carbons (Fsp3) is 0.375.